The van der Waals surface area contributed by atoms with Gasteiger partial charge in [0.25, 0.3) is 5.91 Å². The molecule has 3 nitrogen and oxygen atoms in total. The molecule has 0 saturated carbocycles. The van der Waals surface area contributed by atoms with E-state index in [1.165, 1.54) is 0 Å². The van der Waals surface area contributed by atoms with Gasteiger partial charge < -0.3 is 10.6 Å². The van der Waals surface area contributed by atoms with E-state index in [-0.39, 0.29) is 11.9 Å². The van der Waals surface area contributed by atoms with Crippen LogP contribution in [0.5, 0.6) is 0 Å². The van der Waals surface area contributed by atoms with E-state index in [1.807, 2.05) is 73.3 Å². The number of nitrogens with two attached hydrogens (primary N) is 1. The van der Waals surface area contributed by atoms with Crippen LogP contribution < -0.4 is 5.73 Å². The van der Waals surface area contributed by atoms with Crippen LogP contribution in [-0.2, 0) is 13.1 Å². The lowest BCUT2D eigenvalue weighted by atomic mass is 10.1. The minimum absolute atomic E-state index is 0.0455. The molecule has 21 heavy (non-hydrogen) atoms. The molecule has 0 heterocycles. The summed E-state index contributed by atoms with van der Waals surface area (Å²) in [5.74, 6) is 0.0455. The van der Waals surface area contributed by atoms with Crippen molar-refractivity contribution in [1.82, 2.24) is 4.90 Å². The van der Waals surface area contributed by atoms with Gasteiger partial charge in [-0.05, 0) is 37.1 Å². The van der Waals surface area contributed by atoms with Crippen molar-refractivity contribution < 1.29 is 4.79 Å². The second-order valence-electron chi connectivity index (χ2n) is 5.42. The maximum atomic E-state index is 12.7. The fourth-order valence-electron chi connectivity index (χ4n) is 2.27. The van der Waals surface area contributed by atoms with Gasteiger partial charge >= 0.3 is 0 Å². The van der Waals surface area contributed by atoms with E-state index in [9.17, 15) is 4.79 Å². The molecule has 0 fully saturated rings. The molecule has 2 aromatic carbocycles. The number of hydrogen-bond donors (Lipinski definition) is 1. The molecule has 0 aliphatic carbocycles. The molecule has 2 N–H and O–H groups in total. The summed E-state index contributed by atoms with van der Waals surface area (Å²) in [6.45, 7) is 5.13. The van der Waals surface area contributed by atoms with Gasteiger partial charge in [0.05, 0.1) is 0 Å². The highest BCUT2D eigenvalue weighted by molar-refractivity contribution is 5.94. The van der Waals surface area contributed by atoms with Crippen LogP contribution in [0.3, 0.4) is 0 Å². The smallest absolute Gasteiger partial charge is 0.254 e. The van der Waals surface area contributed by atoms with Crippen molar-refractivity contribution in [2.24, 2.45) is 5.73 Å². The number of carbonyl (C=O) groups excluding carboxylic acids is 1. The average molecular weight is 282 g/mol. The van der Waals surface area contributed by atoms with Crippen molar-refractivity contribution in [3.63, 3.8) is 0 Å². The third-order valence-electron chi connectivity index (χ3n) is 3.49. The van der Waals surface area contributed by atoms with Crippen molar-refractivity contribution in [1.29, 1.82) is 0 Å². The molecule has 2 rings (SSSR count). The van der Waals surface area contributed by atoms with Crippen LogP contribution in [0.1, 0.15) is 35.3 Å². The first-order valence-electron chi connectivity index (χ1n) is 7.25. The van der Waals surface area contributed by atoms with Crippen molar-refractivity contribution in [2.75, 3.05) is 0 Å². The molecule has 0 radical (unpaired) electrons. The molecular weight excluding hydrogens is 260 g/mol. The highest BCUT2D eigenvalue weighted by atomic mass is 16.2. The van der Waals surface area contributed by atoms with Gasteiger partial charge in [-0.2, -0.15) is 0 Å². The van der Waals surface area contributed by atoms with Gasteiger partial charge in [0.15, 0.2) is 0 Å². The van der Waals surface area contributed by atoms with E-state index >= 15 is 0 Å². The number of benzene rings is 2. The third-order valence-corrected chi connectivity index (χ3v) is 3.49. The van der Waals surface area contributed by atoms with Gasteiger partial charge in [-0.3, -0.25) is 4.79 Å². The largest absolute Gasteiger partial charge is 0.332 e. The van der Waals surface area contributed by atoms with Gasteiger partial charge in [0, 0.05) is 24.7 Å². The zero-order chi connectivity index (χ0) is 15.2. The Balaban J connectivity index is 2.23. The number of nitrogens with zero attached hydrogens (tertiary/aromatic N) is 1. The second kappa shape index (κ2) is 7.04. The molecule has 3 heteroatoms. The van der Waals surface area contributed by atoms with E-state index in [4.69, 9.17) is 5.73 Å². The molecule has 110 valence electrons. The summed E-state index contributed by atoms with van der Waals surface area (Å²) in [6.07, 6.45) is 0. The summed E-state index contributed by atoms with van der Waals surface area (Å²) in [5, 5.41) is 0. The lowest BCUT2D eigenvalue weighted by Gasteiger charge is -2.27. The third kappa shape index (κ3) is 3.92. The number of hydrogen-bond acceptors (Lipinski definition) is 2. The van der Waals surface area contributed by atoms with Crippen LogP contribution in [0.4, 0.5) is 0 Å². The Morgan fingerprint density at radius 1 is 1.05 bits per heavy atom. The standard InChI is InChI=1S/C18H22N2O/c1-14(2)20(13-15-7-4-3-5-8-15)18(21)17-10-6-9-16(11-17)12-19/h3-11,14H,12-13,19H2,1-2H3. The Morgan fingerprint density at radius 2 is 1.71 bits per heavy atom. The average Bonchev–Trinajstić information content (AvgIpc) is 2.52. The molecule has 2 aromatic rings. The van der Waals surface area contributed by atoms with Crippen LogP contribution in [0.15, 0.2) is 54.6 Å². The normalized spacial score (nSPS) is 10.7. The molecule has 0 aliphatic heterocycles. The molecule has 1 amide bonds. The van der Waals surface area contributed by atoms with E-state index in [1.54, 1.807) is 0 Å². The summed E-state index contributed by atoms with van der Waals surface area (Å²) >= 11 is 0. The molecule has 0 aromatic heterocycles. The zero-order valence-corrected chi connectivity index (χ0v) is 12.6. The van der Waals surface area contributed by atoms with Crippen molar-refractivity contribution in [3.05, 3.63) is 71.3 Å². The van der Waals surface area contributed by atoms with Crippen molar-refractivity contribution in [2.45, 2.75) is 33.0 Å². The van der Waals surface area contributed by atoms with E-state index in [0.29, 0.717) is 18.7 Å². The number of amides is 1. The highest BCUT2D eigenvalue weighted by Crippen LogP contribution is 2.14. The molecule has 0 bridgehead atoms. The minimum atomic E-state index is 0.0455. The van der Waals surface area contributed by atoms with Gasteiger partial charge in [-0.25, -0.2) is 0 Å². The van der Waals surface area contributed by atoms with Crippen LogP contribution in [-0.4, -0.2) is 16.8 Å². The molecule has 0 saturated heterocycles. The molecule has 0 spiro atoms. The summed E-state index contributed by atoms with van der Waals surface area (Å²) in [5.41, 5.74) is 8.46. The van der Waals surface area contributed by atoms with Crippen LogP contribution in [0.25, 0.3) is 0 Å². The second-order valence-corrected chi connectivity index (χ2v) is 5.42. The van der Waals surface area contributed by atoms with Gasteiger partial charge in [-0.1, -0.05) is 42.5 Å². The SMILES string of the molecule is CC(C)N(Cc1ccccc1)C(=O)c1cccc(CN)c1. The van der Waals surface area contributed by atoms with Crippen LogP contribution in [0.2, 0.25) is 0 Å². The van der Waals surface area contributed by atoms with E-state index in [2.05, 4.69) is 0 Å². The summed E-state index contributed by atoms with van der Waals surface area (Å²) in [6, 6.07) is 17.7. The van der Waals surface area contributed by atoms with E-state index < -0.39 is 0 Å². The predicted octanol–water partition coefficient (Wildman–Crippen LogP) is 3.20. The quantitative estimate of drug-likeness (QED) is 0.915. The lowest BCUT2D eigenvalue weighted by Crippen LogP contribution is -2.36. The summed E-state index contributed by atoms with van der Waals surface area (Å²) < 4.78 is 0. The van der Waals surface area contributed by atoms with Crippen molar-refractivity contribution >= 4 is 5.91 Å². The first-order chi connectivity index (χ1) is 10.1. The fraction of sp³-hybridized carbons (Fsp3) is 0.278. The maximum absolute atomic E-state index is 12.7. The minimum Gasteiger partial charge on any atom is -0.332 e. The highest BCUT2D eigenvalue weighted by Gasteiger charge is 2.19. The monoisotopic (exact) mass is 282 g/mol. The Kier molecular flexibility index (Phi) is 5.12. The predicted molar refractivity (Wildman–Crippen MR) is 85.8 cm³/mol. The lowest BCUT2D eigenvalue weighted by molar-refractivity contribution is 0.0690. The molecule has 0 aliphatic rings. The molecule has 0 atom stereocenters. The first-order valence-corrected chi connectivity index (χ1v) is 7.25. The van der Waals surface area contributed by atoms with Crippen LogP contribution >= 0.6 is 0 Å². The van der Waals surface area contributed by atoms with E-state index in [0.717, 1.165) is 11.1 Å². The molecule has 0 unspecified atom stereocenters. The zero-order valence-electron chi connectivity index (χ0n) is 12.6. The maximum Gasteiger partial charge on any atom is 0.254 e. The van der Waals surface area contributed by atoms with Gasteiger partial charge in [0.2, 0.25) is 0 Å². The number of carbonyl (C=O) groups is 1. The first kappa shape index (κ1) is 15.3. The fourth-order valence-corrected chi connectivity index (χ4v) is 2.27. The summed E-state index contributed by atoms with van der Waals surface area (Å²) in [7, 11) is 0. The van der Waals surface area contributed by atoms with Crippen LogP contribution in [0, 0.1) is 0 Å². The Hall–Kier alpha value is -2.13. The van der Waals surface area contributed by atoms with Crippen molar-refractivity contribution in [3.8, 4) is 0 Å². The Bertz CT molecular complexity index is 593. The topological polar surface area (TPSA) is 46.3 Å². The van der Waals surface area contributed by atoms with Gasteiger partial charge in [-0.15, -0.1) is 0 Å². The molecular formula is C18H22N2O. The Labute approximate surface area is 126 Å². The van der Waals surface area contributed by atoms with Gasteiger partial charge in [0.1, 0.15) is 0 Å². The number of rotatable bonds is 5. The Morgan fingerprint density at radius 3 is 2.33 bits per heavy atom. The summed E-state index contributed by atoms with van der Waals surface area (Å²) in [4.78, 5) is 14.6.